The van der Waals surface area contributed by atoms with Crippen molar-refractivity contribution >= 4 is 0 Å². The normalized spacial score (nSPS) is 11.1. The highest BCUT2D eigenvalue weighted by Gasteiger charge is 2.06. The van der Waals surface area contributed by atoms with Crippen LogP contribution in [0.15, 0.2) is 12.1 Å². The average Bonchev–Trinajstić information content (AvgIpc) is 2.27. The van der Waals surface area contributed by atoms with Crippen LogP contribution in [0.3, 0.4) is 0 Å². The summed E-state index contributed by atoms with van der Waals surface area (Å²) in [4.78, 5) is 2.26. The van der Waals surface area contributed by atoms with Crippen LogP contribution in [-0.2, 0) is 6.54 Å². The highest BCUT2D eigenvalue weighted by atomic mass is 16.3. The smallest absolute Gasteiger partial charge is 0.0443 e. The molecule has 1 aromatic carbocycles. The molecule has 0 atom stereocenters. The maximum absolute atomic E-state index is 8.79. The minimum absolute atomic E-state index is 0.274. The van der Waals surface area contributed by atoms with Crippen LogP contribution in [0.2, 0.25) is 0 Å². The first kappa shape index (κ1) is 13.2. The van der Waals surface area contributed by atoms with Crippen LogP contribution in [0.5, 0.6) is 0 Å². The molecule has 0 unspecified atom stereocenters. The third kappa shape index (κ3) is 3.32. The first-order valence-corrected chi connectivity index (χ1v) is 5.91. The second-order valence-corrected chi connectivity index (χ2v) is 4.61. The molecule has 0 radical (unpaired) electrons. The lowest BCUT2D eigenvalue weighted by atomic mass is 9.98. The van der Waals surface area contributed by atoms with Crippen molar-refractivity contribution in [1.82, 2.24) is 4.90 Å². The van der Waals surface area contributed by atoms with E-state index in [2.05, 4.69) is 44.9 Å². The molecule has 16 heavy (non-hydrogen) atoms. The van der Waals surface area contributed by atoms with Gasteiger partial charge in [0.05, 0.1) is 0 Å². The summed E-state index contributed by atoms with van der Waals surface area (Å²) in [6, 6.07) is 4.41. The molecule has 0 saturated heterocycles. The predicted octanol–water partition coefficient (Wildman–Crippen LogP) is 2.43. The Morgan fingerprint density at radius 1 is 1.12 bits per heavy atom. The SMILES string of the molecule is Cc1ccc(CN(C)CCCO)c(C)c1C. The molecule has 0 bridgehead atoms. The fourth-order valence-electron chi connectivity index (χ4n) is 1.89. The summed E-state index contributed by atoms with van der Waals surface area (Å²) in [6.45, 7) is 8.72. The van der Waals surface area contributed by atoms with Crippen LogP contribution in [-0.4, -0.2) is 30.2 Å². The van der Waals surface area contributed by atoms with E-state index in [1.807, 2.05) is 0 Å². The molecule has 0 aliphatic carbocycles. The Morgan fingerprint density at radius 2 is 1.81 bits per heavy atom. The molecule has 0 saturated carbocycles. The maximum Gasteiger partial charge on any atom is 0.0443 e. The van der Waals surface area contributed by atoms with Gasteiger partial charge in [0, 0.05) is 19.7 Å². The van der Waals surface area contributed by atoms with E-state index in [4.69, 9.17) is 5.11 Å². The van der Waals surface area contributed by atoms with Crippen LogP contribution in [0.4, 0.5) is 0 Å². The first-order chi connectivity index (χ1) is 7.56. The van der Waals surface area contributed by atoms with Crippen molar-refractivity contribution < 1.29 is 5.11 Å². The molecule has 1 N–H and O–H groups in total. The third-order valence-electron chi connectivity index (χ3n) is 3.31. The molecular formula is C14H23NO. The summed E-state index contributed by atoms with van der Waals surface area (Å²) in [5.74, 6) is 0. The summed E-state index contributed by atoms with van der Waals surface area (Å²) >= 11 is 0. The van der Waals surface area contributed by atoms with Crippen LogP contribution in [0.25, 0.3) is 0 Å². The summed E-state index contributed by atoms with van der Waals surface area (Å²) in [7, 11) is 2.10. The van der Waals surface area contributed by atoms with Crippen molar-refractivity contribution in [3.05, 3.63) is 34.4 Å². The number of hydrogen-bond donors (Lipinski definition) is 1. The van der Waals surface area contributed by atoms with Crippen LogP contribution in [0, 0.1) is 20.8 Å². The zero-order chi connectivity index (χ0) is 12.1. The van der Waals surface area contributed by atoms with E-state index in [1.165, 1.54) is 22.3 Å². The number of aryl methyl sites for hydroxylation is 1. The Morgan fingerprint density at radius 3 is 2.44 bits per heavy atom. The summed E-state index contributed by atoms with van der Waals surface area (Å²) in [5.41, 5.74) is 5.55. The minimum atomic E-state index is 0.274. The number of hydrogen-bond acceptors (Lipinski definition) is 2. The summed E-state index contributed by atoms with van der Waals surface area (Å²) in [5, 5.41) is 8.79. The Balaban J connectivity index is 2.70. The molecule has 0 heterocycles. The molecule has 0 aliphatic rings. The van der Waals surface area contributed by atoms with Crippen LogP contribution in [0.1, 0.15) is 28.7 Å². The zero-order valence-electron chi connectivity index (χ0n) is 10.9. The number of aliphatic hydroxyl groups excluding tert-OH is 1. The predicted molar refractivity (Wildman–Crippen MR) is 68.7 cm³/mol. The Labute approximate surface area is 98.9 Å². The number of rotatable bonds is 5. The van der Waals surface area contributed by atoms with E-state index in [1.54, 1.807) is 0 Å². The molecule has 0 spiro atoms. The summed E-state index contributed by atoms with van der Waals surface area (Å²) in [6.07, 6.45) is 0.848. The van der Waals surface area contributed by atoms with Gasteiger partial charge in [0.15, 0.2) is 0 Å². The molecule has 0 aliphatic heterocycles. The van der Waals surface area contributed by atoms with E-state index in [9.17, 15) is 0 Å². The molecule has 90 valence electrons. The van der Waals surface area contributed by atoms with Crippen molar-refractivity contribution in [3.8, 4) is 0 Å². The molecular weight excluding hydrogens is 198 g/mol. The molecule has 0 fully saturated rings. The topological polar surface area (TPSA) is 23.5 Å². The van der Waals surface area contributed by atoms with Crippen LogP contribution >= 0.6 is 0 Å². The van der Waals surface area contributed by atoms with Gasteiger partial charge in [-0.15, -0.1) is 0 Å². The second-order valence-electron chi connectivity index (χ2n) is 4.61. The van der Waals surface area contributed by atoms with Crippen molar-refractivity contribution in [1.29, 1.82) is 0 Å². The second kappa shape index (κ2) is 6.02. The highest BCUT2D eigenvalue weighted by Crippen LogP contribution is 2.18. The van der Waals surface area contributed by atoms with Gasteiger partial charge in [-0.3, -0.25) is 0 Å². The molecule has 2 heteroatoms. The summed E-state index contributed by atoms with van der Waals surface area (Å²) < 4.78 is 0. The zero-order valence-corrected chi connectivity index (χ0v) is 10.9. The van der Waals surface area contributed by atoms with Gasteiger partial charge < -0.3 is 10.0 Å². The first-order valence-electron chi connectivity index (χ1n) is 5.91. The van der Waals surface area contributed by atoms with Gasteiger partial charge in [-0.1, -0.05) is 12.1 Å². The van der Waals surface area contributed by atoms with Gasteiger partial charge in [0.25, 0.3) is 0 Å². The molecule has 0 aromatic heterocycles. The number of benzene rings is 1. The van der Waals surface area contributed by atoms with E-state index in [0.717, 1.165) is 19.5 Å². The lowest BCUT2D eigenvalue weighted by Crippen LogP contribution is -2.20. The molecule has 1 rings (SSSR count). The fraction of sp³-hybridized carbons (Fsp3) is 0.571. The Bertz CT molecular complexity index is 347. The maximum atomic E-state index is 8.79. The van der Waals surface area contributed by atoms with Crippen molar-refractivity contribution in [2.75, 3.05) is 20.2 Å². The Hall–Kier alpha value is -0.860. The van der Waals surface area contributed by atoms with E-state index >= 15 is 0 Å². The standard InChI is InChI=1S/C14H23NO/c1-11-6-7-14(13(3)12(11)2)10-15(4)8-5-9-16/h6-7,16H,5,8-10H2,1-4H3. The van der Waals surface area contributed by atoms with Gasteiger partial charge in [-0.25, -0.2) is 0 Å². The molecule has 2 nitrogen and oxygen atoms in total. The highest BCUT2D eigenvalue weighted by molar-refractivity contribution is 5.38. The third-order valence-corrected chi connectivity index (χ3v) is 3.31. The van der Waals surface area contributed by atoms with Gasteiger partial charge in [-0.2, -0.15) is 0 Å². The van der Waals surface area contributed by atoms with Gasteiger partial charge >= 0.3 is 0 Å². The number of aliphatic hydroxyl groups is 1. The monoisotopic (exact) mass is 221 g/mol. The van der Waals surface area contributed by atoms with Gasteiger partial charge in [-0.05, 0) is 56.5 Å². The van der Waals surface area contributed by atoms with E-state index in [-0.39, 0.29) is 6.61 Å². The quantitative estimate of drug-likeness (QED) is 0.825. The largest absolute Gasteiger partial charge is 0.396 e. The van der Waals surface area contributed by atoms with Crippen LogP contribution < -0.4 is 0 Å². The van der Waals surface area contributed by atoms with E-state index < -0.39 is 0 Å². The molecule has 0 amide bonds. The van der Waals surface area contributed by atoms with Crippen molar-refractivity contribution in [2.45, 2.75) is 33.7 Å². The fourth-order valence-corrected chi connectivity index (χ4v) is 1.89. The van der Waals surface area contributed by atoms with Crippen molar-refractivity contribution in [2.24, 2.45) is 0 Å². The Kier molecular flexibility index (Phi) is 4.97. The minimum Gasteiger partial charge on any atom is -0.396 e. The van der Waals surface area contributed by atoms with Gasteiger partial charge in [0.1, 0.15) is 0 Å². The molecule has 1 aromatic rings. The van der Waals surface area contributed by atoms with Gasteiger partial charge in [0.2, 0.25) is 0 Å². The van der Waals surface area contributed by atoms with E-state index in [0.29, 0.717) is 0 Å². The lowest BCUT2D eigenvalue weighted by Gasteiger charge is -2.19. The van der Waals surface area contributed by atoms with Crippen molar-refractivity contribution in [3.63, 3.8) is 0 Å². The average molecular weight is 221 g/mol. The number of nitrogens with zero attached hydrogens (tertiary/aromatic N) is 1. The lowest BCUT2D eigenvalue weighted by molar-refractivity contribution is 0.244.